The van der Waals surface area contributed by atoms with Gasteiger partial charge in [0.05, 0.1) is 47.6 Å². The normalized spacial score (nSPS) is 10.3. The maximum absolute atomic E-state index is 12.2. The van der Waals surface area contributed by atoms with Crippen molar-refractivity contribution >= 4 is 34.7 Å². The summed E-state index contributed by atoms with van der Waals surface area (Å²) in [7, 11) is 2.66. The van der Waals surface area contributed by atoms with Crippen molar-refractivity contribution in [2.75, 3.05) is 24.7 Å². The molecule has 0 unspecified atom stereocenters. The SMILES string of the molecule is COc1cc(C=O)cc(OC)c1Oc1cc([N+](=O)[O-])c(NN(c2ccccc2)c2ccccc2)c([N+](=O)[O-])c1. The zero-order chi connectivity index (χ0) is 27.9. The fourth-order valence-corrected chi connectivity index (χ4v) is 3.78. The summed E-state index contributed by atoms with van der Waals surface area (Å²) in [5.41, 5.74) is 2.68. The maximum atomic E-state index is 12.2. The van der Waals surface area contributed by atoms with E-state index in [9.17, 15) is 25.0 Å². The fraction of sp³-hybridized carbons (Fsp3) is 0.0741. The number of nitrogens with one attached hydrogen (secondary N) is 1. The number of aldehydes is 1. The van der Waals surface area contributed by atoms with Crippen LogP contribution in [0.4, 0.5) is 28.4 Å². The molecule has 0 atom stereocenters. The van der Waals surface area contributed by atoms with Gasteiger partial charge in [0.1, 0.15) is 12.0 Å². The third kappa shape index (κ3) is 5.69. The number of carbonyl (C=O) groups excluding carboxylic acids is 1. The highest BCUT2D eigenvalue weighted by molar-refractivity contribution is 5.81. The smallest absolute Gasteiger partial charge is 0.305 e. The number of nitro groups is 2. The number of ether oxygens (including phenoxy) is 3. The number of nitro benzene ring substituents is 2. The summed E-state index contributed by atoms with van der Waals surface area (Å²) in [4.78, 5) is 34.1. The Hall–Kier alpha value is -5.65. The molecule has 4 aromatic carbocycles. The monoisotopic (exact) mass is 530 g/mol. The van der Waals surface area contributed by atoms with E-state index in [1.165, 1.54) is 31.4 Å². The van der Waals surface area contributed by atoms with Gasteiger partial charge in [-0.15, -0.1) is 0 Å². The Kier molecular flexibility index (Phi) is 7.86. The number of hydrazine groups is 1. The number of para-hydroxylation sites is 2. The Balaban J connectivity index is 1.85. The molecule has 0 heterocycles. The van der Waals surface area contributed by atoms with E-state index in [-0.39, 0.29) is 34.2 Å². The first-order valence-electron chi connectivity index (χ1n) is 11.4. The lowest BCUT2D eigenvalue weighted by atomic mass is 10.2. The number of carbonyl (C=O) groups is 1. The minimum atomic E-state index is -0.750. The number of hydrogen-bond donors (Lipinski definition) is 1. The molecule has 0 fully saturated rings. The van der Waals surface area contributed by atoms with Crippen molar-refractivity contribution in [2.45, 2.75) is 0 Å². The van der Waals surface area contributed by atoms with Crippen molar-refractivity contribution in [3.05, 3.63) is 111 Å². The van der Waals surface area contributed by atoms with Gasteiger partial charge in [-0.05, 0) is 36.4 Å². The van der Waals surface area contributed by atoms with Gasteiger partial charge in [0.15, 0.2) is 11.5 Å². The van der Waals surface area contributed by atoms with Crippen molar-refractivity contribution < 1.29 is 28.9 Å². The molecule has 0 aliphatic carbocycles. The highest BCUT2D eigenvalue weighted by Crippen LogP contribution is 2.45. The van der Waals surface area contributed by atoms with Crippen LogP contribution in [0.3, 0.4) is 0 Å². The second kappa shape index (κ2) is 11.6. The van der Waals surface area contributed by atoms with E-state index in [1.54, 1.807) is 60.7 Å². The molecule has 4 aromatic rings. The molecule has 0 saturated heterocycles. The van der Waals surface area contributed by atoms with Gasteiger partial charge in [0, 0.05) is 5.56 Å². The van der Waals surface area contributed by atoms with Gasteiger partial charge in [-0.1, -0.05) is 36.4 Å². The third-order valence-electron chi connectivity index (χ3n) is 5.55. The van der Waals surface area contributed by atoms with Crippen LogP contribution in [0.15, 0.2) is 84.9 Å². The van der Waals surface area contributed by atoms with E-state index in [0.717, 1.165) is 12.1 Å². The Bertz CT molecular complexity index is 1410. The van der Waals surface area contributed by atoms with E-state index < -0.39 is 21.2 Å². The van der Waals surface area contributed by atoms with Gasteiger partial charge in [0.25, 0.3) is 0 Å². The van der Waals surface area contributed by atoms with E-state index >= 15 is 0 Å². The summed E-state index contributed by atoms with van der Waals surface area (Å²) >= 11 is 0. The summed E-state index contributed by atoms with van der Waals surface area (Å²) in [5.74, 6) is -0.0722. The molecule has 0 amide bonds. The summed E-state index contributed by atoms with van der Waals surface area (Å²) in [6.07, 6.45) is 0.580. The van der Waals surface area contributed by atoms with Gasteiger partial charge in [-0.2, -0.15) is 0 Å². The molecule has 0 aromatic heterocycles. The lowest BCUT2D eigenvalue weighted by Crippen LogP contribution is -2.25. The summed E-state index contributed by atoms with van der Waals surface area (Å²) in [6.45, 7) is 0. The second-order valence-corrected chi connectivity index (χ2v) is 7.94. The zero-order valence-corrected chi connectivity index (χ0v) is 20.8. The average Bonchev–Trinajstić information content (AvgIpc) is 2.96. The quantitative estimate of drug-likeness (QED) is 0.133. The average molecular weight is 530 g/mol. The fourth-order valence-electron chi connectivity index (χ4n) is 3.78. The number of benzene rings is 4. The number of anilines is 3. The topological polar surface area (TPSA) is 146 Å². The number of hydrogen-bond acceptors (Lipinski definition) is 10. The van der Waals surface area contributed by atoms with Crippen LogP contribution in [-0.4, -0.2) is 30.4 Å². The summed E-state index contributed by atoms with van der Waals surface area (Å²) < 4.78 is 16.4. The molecule has 0 bridgehead atoms. The van der Waals surface area contributed by atoms with Crippen molar-refractivity contribution in [1.29, 1.82) is 0 Å². The molecular formula is C27H22N4O8. The van der Waals surface area contributed by atoms with Gasteiger partial charge >= 0.3 is 11.4 Å². The lowest BCUT2D eigenvalue weighted by molar-refractivity contribution is -0.392. The van der Waals surface area contributed by atoms with E-state index in [4.69, 9.17) is 14.2 Å². The van der Waals surface area contributed by atoms with Crippen LogP contribution in [0.2, 0.25) is 0 Å². The number of methoxy groups -OCH3 is 2. The van der Waals surface area contributed by atoms with Crippen LogP contribution in [0, 0.1) is 20.2 Å². The minimum absolute atomic E-state index is 0.0231. The van der Waals surface area contributed by atoms with Crippen LogP contribution in [0.1, 0.15) is 10.4 Å². The van der Waals surface area contributed by atoms with Crippen molar-refractivity contribution in [3.63, 3.8) is 0 Å². The first kappa shape index (κ1) is 26.4. The molecule has 0 aliphatic rings. The van der Waals surface area contributed by atoms with Gasteiger partial charge in [-0.3, -0.25) is 35.5 Å². The van der Waals surface area contributed by atoms with E-state index in [2.05, 4.69) is 5.43 Å². The molecule has 198 valence electrons. The Labute approximate surface area is 222 Å². The third-order valence-corrected chi connectivity index (χ3v) is 5.55. The molecular weight excluding hydrogens is 508 g/mol. The molecule has 0 aliphatic heterocycles. The van der Waals surface area contributed by atoms with Crippen molar-refractivity contribution in [3.8, 4) is 23.0 Å². The molecule has 12 nitrogen and oxygen atoms in total. The molecule has 1 N–H and O–H groups in total. The van der Waals surface area contributed by atoms with Crippen molar-refractivity contribution in [2.24, 2.45) is 0 Å². The molecule has 0 spiro atoms. The molecule has 12 heteroatoms. The number of rotatable bonds is 11. The van der Waals surface area contributed by atoms with Crippen molar-refractivity contribution in [1.82, 2.24) is 0 Å². The predicted octanol–water partition coefficient (Wildman–Crippen LogP) is 6.29. The molecule has 39 heavy (non-hydrogen) atoms. The number of nitrogens with zero attached hydrogens (tertiary/aromatic N) is 3. The Morgan fingerprint density at radius 1 is 0.769 bits per heavy atom. The van der Waals surface area contributed by atoms with Gasteiger partial charge in [0.2, 0.25) is 11.4 Å². The lowest BCUT2D eigenvalue weighted by Gasteiger charge is -2.26. The largest absolute Gasteiger partial charge is 0.493 e. The first-order valence-corrected chi connectivity index (χ1v) is 11.4. The summed E-state index contributed by atoms with van der Waals surface area (Å²) in [6, 6.07) is 22.5. The first-order chi connectivity index (χ1) is 18.9. The van der Waals surface area contributed by atoms with Crippen LogP contribution in [0.25, 0.3) is 0 Å². The highest BCUT2D eigenvalue weighted by Gasteiger charge is 2.30. The Morgan fingerprint density at radius 3 is 1.62 bits per heavy atom. The standard InChI is InChI=1S/C27H22N4O8/c1-37-24-13-18(17-32)14-25(38-2)27(24)39-21-15-22(30(33)34)26(23(16-21)31(35)36)28-29(19-9-5-3-6-10-19)20-11-7-4-8-12-20/h3-17,28H,1-2H3. The molecule has 0 saturated carbocycles. The highest BCUT2D eigenvalue weighted by atomic mass is 16.6. The van der Waals surface area contributed by atoms with E-state index in [0.29, 0.717) is 17.7 Å². The minimum Gasteiger partial charge on any atom is -0.493 e. The van der Waals surface area contributed by atoms with Crippen LogP contribution in [-0.2, 0) is 0 Å². The Morgan fingerprint density at radius 2 is 1.23 bits per heavy atom. The van der Waals surface area contributed by atoms with Gasteiger partial charge in [-0.25, -0.2) is 0 Å². The summed E-state index contributed by atoms with van der Waals surface area (Å²) in [5, 5.41) is 25.8. The van der Waals surface area contributed by atoms with E-state index in [1.807, 2.05) is 0 Å². The predicted molar refractivity (Wildman–Crippen MR) is 143 cm³/mol. The van der Waals surface area contributed by atoms with Gasteiger partial charge < -0.3 is 14.2 Å². The van der Waals surface area contributed by atoms with Crippen LogP contribution < -0.4 is 24.6 Å². The van der Waals surface area contributed by atoms with Crippen LogP contribution in [0.5, 0.6) is 23.0 Å². The molecule has 0 radical (unpaired) electrons. The molecule has 4 rings (SSSR count). The maximum Gasteiger partial charge on any atom is 0.305 e. The zero-order valence-electron chi connectivity index (χ0n) is 20.8. The second-order valence-electron chi connectivity index (χ2n) is 7.94. The van der Waals surface area contributed by atoms with Crippen LogP contribution >= 0.6 is 0 Å².